The number of rotatable bonds is 2. The summed E-state index contributed by atoms with van der Waals surface area (Å²) in [5.41, 5.74) is -2.38. The highest BCUT2D eigenvalue weighted by atomic mass is 19.4. The minimum Gasteiger partial charge on any atom is -0.446 e. The van der Waals surface area contributed by atoms with Gasteiger partial charge in [-0.1, -0.05) is 0 Å². The summed E-state index contributed by atoms with van der Waals surface area (Å²) in [6.45, 7) is -1.42. The van der Waals surface area contributed by atoms with Crippen LogP contribution in [0.2, 0.25) is 0 Å². The van der Waals surface area contributed by atoms with Crippen molar-refractivity contribution in [1.29, 1.82) is 0 Å². The third-order valence-electron chi connectivity index (χ3n) is 1.46. The zero-order valence-electron chi connectivity index (χ0n) is 5.35. The van der Waals surface area contributed by atoms with Crippen molar-refractivity contribution in [2.75, 3.05) is 13.2 Å². The molecule has 0 aliphatic carbocycles. The van der Waals surface area contributed by atoms with Gasteiger partial charge in [0.25, 0.3) is 12.1 Å². The number of carbonyl (C=O) groups excluding carboxylic acids is 1. The van der Waals surface area contributed by atoms with Gasteiger partial charge in [-0.2, -0.15) is 13.2 Å². The molecule has 1 rings (SSSR count). The van der Waals surface area contributed by atoms with Gasteiger partial charge in [0, 0.05) is 0 Å². The summed E-state index contributed by atoms with van der Waals surface area (Å²) in [6.07, 6.45) is -4.54. The van der Waals surface area contributed by atoms with E-state index >= 15 is 0 Å². The van der Waals surface area contributed by atoms with E-state index in [0.29, 0.717) is 0 Å². The molecule has 1 fully saturated rings. The molecule has 1 heterocycles. The average molecular weight is 170 g/mol. The Bertz CT molecular complexity index is 161. The maximum atomic E-state index is 12.0. The van der Waals surface area contributed by atoms with Gasteiger partial charge in [0.1, 0.15) is 0 Å². The number of carbonyl (C=O) groups is 1. The Morgan fingerprint density at radius 3 is 2.09 bits per heavy atom. The first-order chi connectivity index (χ1) is 5.02. The SMILES string of the molecule is O=COC1(C(F)(F)F)COC1. The standard InChI is InChI=1S/C5H5F3O3/c6-5(7,8)4(11-3-9)1-10-2-4/h3H,1-2H2. The van der Waals surface area contributed by atoms with E-state index in [2.05, 4.69) is 9.47 Å². The summed E-state index contributed by atoms with van der Waals surface area (Å²) in [6, 6.07) is 0. The van der Waals surface area contributed by atoms with E-state index in [1.807, 2.05) is 0 Å². The van der Waals surface area contributed by atoms with E-state index < -0.39 is 25.0 Å². The lowest BCUT2D eigenvalue weighted by Gasteiger charge is -2.40. The number of alkyl halides is 3. The van der Waals surface area contributed by atoms with Gasteiger partial charge in [0.2, 0.25) is 0 Å². The molecule has 0 unspecified atom stereocenters. The van der Waals surface area contributed by atoms with Crippen LogP contribution < -0.4 is 0 Å². The van der Waals surface area contributed by atoms with Gasteiger partial charge in [-0.25, -0.2) is 0 Å². The normalized spacial score (nSPS) is 22.1. The minimum absolute atomic E-state index is 0.212. The van der Waals surface area contributed by atoms with Gasteiger partial charge in [-0.05, 0) is 0 Å². The van der Waals surface area contributed by atoms with Crippen LogP contribution in [0.3, 0.4) is 0 Å². The van der Waals surface area contributed by atoms with Crippen LogP contribution in [0.25, 0.3) is 0 Å². The highest BCUT2D eigenvalue weighted by Gasteiger charge is 2.62. The van der Waals surface area contributed by atoms with Gasteiger partial charge in [0.05, 0.1) is 13.2 Å². The zero-order valence-corrected chi connectivity index (χ0v) is 5.35. The molecule has 3 nitrogen and oxygen atoms in total. The van der Waals surface area contributed by atoms with Crippen molar-refractivity contribution in [3.05, 3.63) is 0 Å². The molecule has 0 radical (unpaired) electrons. The van der Waals surface area contributed by atoms with Crippen molar-refractivity contribution < 1.29 is 27.4 Å². The Hall–Kier alpha value is -0.780. The Balaban J connectivity index is 2.67. The summed E-state index contributed by atoms with van der Waals surface area (Å²) < 4.78 is 44.1. The van der Waals surface area contributed by atoms with E-state index in [1.165, 1.54) is 0 Å². The molecule has 0 amide bonds. The van der Waals surface area contributed by atoms with Crippen molar-refractivity contribution in [2.24, 2.45) is 0 Å². The maximum Gasteiger partial charge on any atom is 0.433 e. The van der Waals surface area contributed by atoms with E-state index in [4.69, 9.17) is 0 Å². The average Bonchev–Trinajstić information content (AvgIpc) is 1.75. The number of ether oxygens (including phenoxy) is 2. The maximum absolute atomic E-state index is 12.0. The molecular formula is C5H5F3O3. The molecule has 0 aromatic carbocycles. The van der Waals surface area contributed by atoms with E-state index in [0.717, 1.165) is 0 Å². The van der Waals surface area contributed by atoms with E-state index in [9.17, 15) is 18.0 Å². The fourth-order valence-electron chi connectivity index (χ4n) is 0.678. The topological polar surface area (TPSA) is 35.5 Å². The van der Waals surface area contributed by atoms with Crippen molar-refractivity contribution in [3.8, 4) is 0 Å². The number of hydrogen-bond acceptors (Lipinski definition) is 3. The van der Waals surface area contributed by atoms with Gasteiger partial charge in [-0.15, -0.1) is 0 Å². The van der Waals surface area contributed by atoms with Crippen LogP contribution in [0.1, 0.15) is 0 Å². The van der Waals surface area contributed by atoms with Crippen LogP contribution in [0.4, 0.5) is 13.2 Å². The lowest BCUT2D eigenvalue weighted by molar-refractivity contribution is -0.334. The molecule has 1 aliphatic rings. The summed E-state index contributed by atoms with van der Waals surface area (Å²) in [5, 5.41) is 0. The molecule has 1 saturated heterocycles. The van der Waals surface area contributed by atoms with Crippen molar-refractivity contribution in [1.82, 2.24) is 0 Å². The second-order valence-electron chi connectivity index (χ2n) is 2.20. The van der Waals surface area contributed by atoms with Crippen LogP contribution in [0.5, 0.6) is 0 Å². The van der Waals surface area contributed by atoms with Crippen LogP contribution in [-0.4, -0.2) is 31.5 Å². The Labute approximate surface area is 60.1 Å². The second-order valence-corrected chi connectivity index (χ2v) is 2.20. The summed E-state index contributed by atoms with van der Waals surface area (Å²) >= 11 is 0. The molecule has 1 aliphatic heterocycles. The van der Waals surface area contributed by atoms with E-state index in [-0.39, 0.29) is 6.47 Å². The summed E-state index contributed by atoms with van der Waals surface area (Å²) in [7, 11) is 0. The lowest BCUT2D eigenvalue weighted by Crippen LogP contribution is -2.62. The molecule has 11 heavy (non-hydrogen) atoms. The third kappa shape index (κ3) is 1.18. The number of hydrogen-bond donors (Lipinski definition) is 0. The number of halogens is 3. The van der Waals surface area contributed by atoms with Crippen LogP contribution in [0, 0.1) is 0 Å². The Morgan fingerprint density at radius 2 is 2.00 bits per heavy atom. The Kier molecular flexibility index (Phi) is 1.79. The first-order valence-corrected chi connectivity index (χ1v) is 2.78. The summed E-state index contributed by atoms with van der Waals surface area (Å²) in [5.74, 6) is 0. The molecule has 0 spiro atoms. The summed E-state index contributed by atoms with van der Waals surface area (Å²) in [4.78, 5) is 9.68. The Morgan fingerprint density at radius 1 is 1.45 bits per heavy atom. The first-order valence-electron chi connectivity index (χ1n) is 2.78. The van der Waals surface area contributed by atoms with Gasteiger partial charge >= 0.3 is 6.18 Å². The van der Waals surface area contributed by atoms with Gasteiger partial charge in [0.15, 0.2) is 0 Å². The molecule has 0 atom stereocenters. The van der Waals surface area contributed by atoms with Crippen LogP contribution in [-0.2, 0) is 14.3 Å². The fraction of sp³-hybridized carbons (Fsp3) is 0.800. The highest BCUT2D eigenvalue weighted by molar-refractivity contribution is 5.39. The van der Waals surface area contributed by atoms with Crippen molar-refractivity contribution in [3.63, 3.8) is 0 Å². The monoisotopic (exact) mass is 170 g/mol. The molecular weight excluding hydrogens is 165 g/mol. The third-order valence-corrected chi connectivity index (χ3v) is 1.46. The molecule has 0 aromatic rings. The molecule has 6 heteroatoms. The lowest BCUT2D eigenvalue weighted by atomic mass is 10.0. The fourth-order valence-corrected chi connectivity index (χ4v) is 0.678. The van der Waals surface area contributed by atoms with Gasteiger partial charge < -0.3 is 9.47 Å². The molecule has 0 bridgehead atoms. The minimum atomic E-state index is -4.54. The molecule has 0 N–H and O–H groups in total. The molecule has 64 valence electrons. The smallest absolute Gasteiger partial charge is 0.433 e. The van der Waals surface area contributed by atoms with Crippen LogP contribution in [0.15, 0.2) is 0 Å². The van der Waals surface area contributed by atoms with Crippen LogP contribution >= 0.6 is 0 Å². The molecule has 0 aromatic heterocycles. The second kappa shape index (κ2) is 2.37. The molecule has 0 saturated carbocycles. The van der Waals surface area contributed by atoms with E-state index in [1.54, 1.807) is 0 Å². The quantitative estimate of drug-likeness (QED) is 0.566. The predicted molar refractivity (Wildman–Crippen MR) is 26.8 cm³/mol. The zero-order chi connectivity index (χ0) is 8.54. The van der Waals surface area contributed by atoms with Crippen molar-refractivity contribution >= 4 is 6.47 Å². The largest absolute Gasteiger partial charge is 0.446 e. The first kappa shape index (κ1) is 8.32. The van der Waals surface area contributed by atoms with Gasteiger partial charge in [-0.3, -0.25) is 4.79 Å². The van der Waals surface area contributed by atoms with Crippen molar-refractivity contribution in [2.45, 2.75) is 11.8 Å². The highest BCUT2D eigenvalue weighted by Crippen LogP contribution is 2.38. The predicted octanol–water partition coefficient (Wildman–Crippen LogP) is 0.491.